The lowest BCUT2D eigenvalue weighted by Crippen LogP contribution is -2.52. The smallest absolute Gasteiger partial charge is 0.255 e. The molecule has 3 N–H and O–H groups in total. The van der Waals surface area contributed by atoms with Crippen molar-refractivity contribution in [2.45, 2.75) is 50.6 Å². The Balaban J connectivity index is 1.28. The van der Waals surface area contributed by atoms with Gasteiger partial charge in [0, 0.05) is 37.8 Å². The minimum Gasteiger partial charge on any atom is -0.378 e. The van der Waals surface area contributed by atoms with Crippen molar-refractivity contribution >= 4 is 23.4 Å². The van der Waals surface area contributed by atoms with Crippen LogP contribution in [0.4, 0.5) is 10.1 Å². The van der Waals surface area contributed by atoms with Gasteiger partial charge in [-0.1, -0.05) is 12.1 Å². The summed E-state index contributed by atoms with van der Waals surface area (Å²) in [6, 6.07) is 4.64. The Morgan fingerprint density at radius 3 is 2.91 bits per heavy atom. The third-order valence-corrected chi connectivity index (χ3v) is 6.48. The molecule has 0 radical (unpaired) electrons. The largest absolute Gasteiger partial charge is 0.378 e. The van der Waals surface area contributed by atoms with Gasteiger partial charge in [0.15, 0.2) is 0 Å². The van der Waals surface area contributed by atoms with E-state index >= 15 is 0 Å². The van der Waals surface area contributed by atoms with Gasteiger partial charge in [0.2, 0.25) is 11.8 Å². The molecular formula is C22H25FN6O3. The van der Waals surface area contributed by atoms with Crippen LogP contribution in [-0.2, 0) is 22.7 Å². The predicted molar refractivity (Wildman–Crippen MR) is 113 cm³/mol. The Labute approximate surface area is 184 Å². The molecule has 9 nitrogen and oxygen atoms in total. The Hall–Kier alpha value is -3.27. The summed E-state index contributed by atoms with van der Waals surface area (Å²) < 4.78 is 15.9. The van der Waals surface area contributed by atoms with E-state index in [2.05, 4.69) is 21.0 Å². The predicted octanol–water partition coefficient (Wildman–Crippen LogP) is 1.13. The van der Waals surface area contributed by atoms with Crippen molar-refractivity contribution in [2.75, 3.05) is 18.4 Å². The molecule has 3 atom stereocenters. The third kappa shape index (κ3) is 3.75. The highest BCUT2D eigenvalue weighted by molar-refractivity contribution is 6.05. The molecular weight excluding hydrogens is 415 g/mol. The van der Waals surface area contributed by atoms with E-state index in [0.29, 0.717) is 38.0 Å². The maximum atomic E-state index is 14.2. The molecule has 32 heavy (non-hydrogen) atoms. The van der Waals surface area contributed by atoms with Crippen LogP contribution in [0.1, 0.15) is 46.8 Å². The number of carbonyl (C=O) groups excluding carboxylic acids is 3. The lowest BCUT2D eigenvalue weighted by molar-refractivity contribution is -0.136. The molecule has 0 saturated carbocycles. The molecule has 3 aliphatic heterocycles. The Kier molecular flexibility index (Phi) is 5.38. The molecule has 168 valence electrons. The fourth-order valence-electron chi connectivity index (χ4n) is 4.73. The summed E-state index contributed by atoms with van der Waals surface area (Å²) in [6.45, 7) is 1.90. The first-order chi connectivity index (χ1) is 15.5. The zero-order chi connectivity index (χ0) is 22.2. The number of anilines is 1. The quantitative estimate of drug-likeness (QED) is 0.602. The van der Waals surface area contributed by atoms with E-state index in [1.165, 1.54) is 0 Å². The minimum absolute atomic E-state index is 0.191. The number of hydrogen-bond donors (Lipinski definition) is 3. The van der Waals surface area contributed by atoms with Gasteiger partial charge in [-0.15, -0.1) is 0 Å². The number of alkyl halides is 1. The Bertz CT molecular complexity index is 1070. The monoisotopic (exact) mass is 440 g/mol. The zero-order valence-corrected chi connectivity index (χ0v) is 17.5. The van der Waals surface area contributed by atoms with Crippen LogP contribution in [0.2, 0.25) is 0 Å². The summed E-state index contributed by atoms with van der Waals surface area (Å²) in [5.74, 6) is -0.910. The number of imide groups is 1. The van der Waals surface area contributed by atoms with Crippen LogP contribution < -0.4 is 16.0 Å². The van der Waals surface area contributed by atoms with E-state index in [1.807, 2.05) is 18.3 Å². The molecule has 1 aromatic carbocycles. The SMILES string of the molecule is O=C1CCC(N2Cc3c(CNc4cnn([C@@H]5CCNC[C@H]5F)c4)cccc3C2=O)C(=O)N1. The maximum Gasteiger partial charge on any atom is 0.255 e. The topological polar surface area (TPSA) is 108 Å². The van der Waals surface area contributed by atoms with E-state index < -0.39 is 18.1 Å². The number of nitrogens with zero attached hydrogens (tertiary/aromatic N) is 3. The number of nitrogens with one attached hydrogen (secondary N) is 3. The van der Waals surface area contributed by atoms with Crippen LogP contribution in [0.5, 0.6) is 0 Å². The standard InChI is InChI=1S/C22H25FN6O3/c23-17-10-24-7-6-18(17)29-11-14(9-26-29)25-8-13-2-1-3-15-16(13)12-28(22(15)32)19-4-5-20(30)27-21(19)31/h1-3,9,11,17-19,24-25H,4-8,10,12H2,(H,27,30,31)/t17-,18-,19?/m1/s1. The zero-order valence-electron chi connectivity index (χ0n) is 17.5. The number of benzene rings is 1. The number of amides is 3. The molecule has 0 spiro atoms. The number of carbonyl (C=O) groups is 3. The summed E-state index contributed by atoms with van der Waals surface area (Å²) in [6.07, 6.45) is 3.77. The van der Waals surface area contributed by atoms with Crippen molar-refractivity contribution in [1.82, 2.24) is 25.3 Å². The number of hydrogen-bond acceptors (Lipinski definition) is 6. The average molecular weight is 440 g/mol. The first kappa shape index (κ1) is 20.6. The van der Waals surface area contributed by atoms with Gasteiger partial charge in [0.1, 0.15) is 12.2 Å². The lowest BCUT2D eigenvalue weighted by atomic mass is 10.0. The maximum absolute atomic E-state index is 14.2. The highest BCUT2D eigenvalue weighted by atomic mass is 19.1. The van der Waals surface area contributed by atoms with Crippen molar-refractivity contribution < 1.29 is 18.8 Å². The van der Waals surface area contributed by atoms with Crippen LogP contribution >= 0.6 is 0 Å². The van der Waals surface area contributed by atoms with Crippen LogP contribution in [0.25, 0.3) is 0 Å². The van der Waals surface area contributed by atoms with Crippen LogP contribution in [0.3, 0.4) is 0 Å². The molecule has 0 aliphatic carbocycles. The molecule has 5 rings (SSSR count). The minimum atomic E-state index is -0.974. The van der Waals surface area contributed by atoms with Crippen molar-refractivity contribution in [3.8, 4) is 0 Å². The van der Waals surface area contributed by atoms with Crippen LogP contribution in [0, 0.1) is 0 Å². The molecule has 3 amide bonds. The van der Waals surface area contributed by atoms with Crippen molar-refractivity contribution in [3.05, 3.63) is 47.3 Å². The fraction of sp³-hybridized carbons (Fsp3) is 0.455. The molecule has 10 heteroatoms. The van der Waals surface area contributed by atoms with E-state index in [1.54, 1.807) is 21.8 Å². The highest BCUT2D eigenvalue weighted by Gasteiger charge is 2.39. The highest BCUT2D eigenvalue weighted by Crippen LogP contribution is 2.30. The number of fused-ring (bicyclic) bond motifs is 1. The summed E-state index contributed by atoms with van der Waals surface area (Å²) in [4.78, 5) is 38.2. The number of aromatic nitrogens is 2. The molecule has 2 aromatic rings. The normalized spacial score (nSPS) is 25.6. The van der Waals surface area contributed by atoms with Crippen LogP contribution in [-0.4, -0.2) is 57.7 Å². The molecule has 2 saturated heterocycles. The van der Waals surface area contributed by atoms with E-state index in [9.17, 15) is 18.8 Å². The van der Waals surface area contributed by atoms with Crippen LogP contribution in [0.15, 0.2) is 30.6 Å². The van der Waals surface area contributed by atoms with Gasteiger partial charge in [0.05, 0.1) is 17.9 Å². The summed E-state index contributed by atoms with van der Waals surface area (Å²) in [7, 11) is 0. The molecule has 0 bridgehead atoms. The van der Waals surface area contributed by atoms with Gasteiger partial charge in [-0.2, -0.15) is 5.10 Å². The molecule has 1 unspecified atom stereocenters. The van der Waals surface area contributed by atoms with Gasteiger partial charge in [-0.25, -0.2) is 4.39 Å². The third-order valence-electron chi connectivity index (χ3n) is 6.48. The molecule has 2 fully saturated rings. The van der Waals surface area contributed by atoms with Gasteiger partial charge in [-0.05, 0) is 36.6 Å². The summed E-state index contributed by atoms with van der Waals surface area (Å²) in [5.41, 5.74) is 3.19. The van der Waals surface area contributed by atoms with Gasteiger partial charge in [0.25, 0.3) is 5.91 Å². The molecule has 1 aromatic heterocycles. The van der Waals surface area contributed by atoms with Gasteiger partial charge >= 0.3 is 0 Å². The first-order valence-electron chi connectivity index (χ1n) is 10.9. The van der Waals surface area contributed by atoms with E-state index in [0.717, 1.165) is 23.4 Å². The Morgan fingerprint density at radius 1 is 1.22 bits per heavy atom. The number of halogens is 1. The molecule has 3 aliphatic rings. The molecule has 4 heterocycles. The second-order valence-corrected chi connectivity index (χ2v) is 8.48. The average Bonchev–Trinajstić information content (AvgIpc) is 3.38. The van der Waals surface area contributed by atoms with Gasteiger partial charge in [-0.3, -0.25) is 24.4 Å². The summed E-state index contributed by atoms with van der Waals surface area (Å²) >= 11 is 0. The fourth-order valence-corrected chi connectivity index (χ4v) is 4.73. The van der Waals surface area contributed by atoms with Gasteiger partial charge < -0.3 is 15.5 Å². The van der Waals surface area contributed by atoms with Crippen molar-refractivity contribution in [3.63, 3.8) is 0 Å². The summed E-state index contributed by atoms with van der Waals surface area (Å²) in [5, 5.41) is 13.0. The van der Waals surface area contributed by atoms with E-state index in [4.69, 9.17) is 0 Å². The number of piperidine rings is 2. The van der Waals surface area contributed by atoms with E-state index in [-0.39, 0.29) is 24.3 Å². The van der Waals surface area contributed by atoms with Crippen molar-refractivity contribution in [1.29, 1.82) is 0 Å². The van der Waals surface area contributed by atoms with Crippen molar-refractivity contribution in [2.24, 2.45) is 0 Å². The Morgan fingerprint density at radius 2 is 2.09 bits per heavy atom. The lowest BCUT2D eigenvalue weighted by Gasteiger charge is -2.29. The first-order valence-corrected chi connectivity index (χ1v) is 10.9. The second kappa shape index (κ2) is 8.34. The number of rotatable bonds is 5. The second-order valence-electron chi connectivity index (χ2n) is 8.48.